The Hall–Kier alpha value is -2.18. The number of H-pyrrole nitrogens is 1. The van der Waals surface area contributed by atoms with E-state index in [9.17, 15) is 14.4 Å². The van der Waals surface area contributed by atoms with Crippen molar-refractivity contribution in [2.24, 2.45) is 5.92 Å². The molecule has 1 unspecified atom stereocenters. The van der Waals surface area contributed by atoms with Crippen LogP contribution in [0.5, 0.6) is 0 Å². The highest BCUT2D eigenvalue weighted by molar-refractivity contribution is 5.99. The van der Waals surface area contributed by atoms with Gasteiger partial charge in [0, 0.05) is 24.1 Å². The largest absolute Gasteiger partial charge is 0.393 e. The zero-order chi connectivity index (χ0) is 13.4. The number of esters is 2. The van der Waals surface area contributed by atoms with Crippen LogP contribution in [0, 0.1) is 5.92 Å². The fraction of sp³-hybridized carbons (Fsp3) is 0.500. The van der Waals surface area contributed by atoms with E-state index in [2.05, 4.69) is 20.3 Å². The maximum atomic E-state index is 11.7. The molecule has 7 nitrogen and oxygen atoms in total. The summed E-state index contributed by atoms with van der Waals surface area (Å²) in [6.45, 7) is 0. The van der Waals surface area contributed by atoms with E-state index in [0.29, 0.717) is 11.7 Å². The lowest BCUT2D eigenvalue weighted by atomic mass is 10.0. The smallest absolute Gasteiger partial charge is 0.317 e. The van der Waals surface area contributed by atoms with Gasteiger partial charge < -0.3 is 10.1 Å². The lowest BCUT2D eigenvalue weighted by Crippen LogP contribution is -2.19. The average molecular weight is 263 g/mol. The summed E-state index contributed by atoms with van der Waals surface area (Å²) in [4.78, 5) is 33.9. The molecule has 0 bridgehead atoms. The molecular formula is C12H13N3O4. The van der Waals surface area contributed by atoms with Gasteiger partial charge in [-0.1, -0.05) is 0 Å². The molecule has 2 fully saturated rings. The second kappa shape index (κ2) is 4.49. The number of cyclic esters (lactones) is 2. The van der Waals surface area contributed by atoms with E-state index in [1.165, 1.54) is 0 Å². The zero-order valence-corrected chi connectivity index (χ0v) is 10.1. The second-order valence-corrected chi connectivity index (χ2v) is 4.93. The summed E-state index contributed by atoms with van der Waals surface area (Å²) in [6, 6.07) is 1.80. The molecule has 1 aromatic rings. The maximum Gasteiger partial charge on any atom is 0.317 e. The molecule has 19 heavy (non-hydrogen) atoms. The third-order valence-corrected chi connectivity index (χ3v) is 3.27. The molecule has 100 valence electrons. The van der Waals surface area contributed by atoms with Crippen molar-refractivity contribution >= 4 is 23.7 Å². The highest BCUT2D eigenvalue weighted by atomic mass is 16.6. The van der Waals surface area contributed by atoms with Gasteiger partial charge in [0.05, 0.1) is 12.3 Å². The lowest BCUT2D eigenvalue weighted by molar-refractivity contribution is -0.153. The number of aromatic nitrogens is 2. The monoisotopic (exact) mass is 263 g/mol. The van der Waals surface area contributed by atoms with Gasteiger partial charge in [-0.15, -0.1) is 0 Å². The molecule has 1 atom stereocenters. The standard InChI is InChI=1S/C12H13N3O4/c16-10(3-7-4-11(17)19-12(7)18)13-9-5-8(14-15-9)6-1-2-6/h5-7H,1-4H2,(H2,13,14,15,16). The second-order valence-electron chi connectivity index (χ2n) is 4.93. The first-order chi connectivity index (χ1) is 9.11. The first-order valence-corrected chi connectivity index (χ1v) is 6.21. The maximum absolute atomic E-state index is 11.7. The highest BCUT2D eigenvalue weighted by Gasteiger charge is 2.35. The summed E-state index contributed by atoms with van der Waals surface area (Å²) in [6.07, 6.45) is 2.20. The third kappa shape index (κ3) is 2.64. The van der Waals surface area contributed by atoms with Crippen molar-refractivity contribution in [2.45, 2.75) is 31.6 Å². The van der Waals surface area contributed by atoms with Crippen LogP contribution in [0.4, 0.5) is 5.82 Å². The van der Waals surface area contributed by atoms with Gasteiger partial charge in [-0.05, 0) is 12.8 Å². The number of nitrogens with one attached hydrogen (secondary N) is 2. The van der Waals surface area contributed by atoms with Gasteiger partial charge in [0.25, 0.3) is 0 Å². The first kappa shape index (κ1) is 11.9. The SMILES string of the molecule is O=C(CC1CC(=O)OC1=O)Nc1cc(C2CC2)[nH]n1. The molecule has 1 saturated heterocycles. The van der Waals surface area contributed by atoms with Crippen molar-refractivity contribution in [3.05, 3.63) is 11.8 Å². The number of hydrogen-bond acceptors (Lipinski definition) is 5. The average Bonchev–Trinajstić information content (AvgIpc) is 3.01. The normalized spacial score (nSPS) is 22.4. The molecule has 0 aromatic carbocycles. The van der Waals surface area contributed by atoms with Gasteiger partial charge in [-0.3, -0.25) is 19.5 Å². The van der Waals surface area contributed by atoms with E-state index in [1.54, 1.807) is 6.07 Å². The van der Waals surface area contributed by atoms with Gasteiger partial charge in [-0.2, -0.15) is 5.10 Å². The van der Waals surface area contributed by atoms with Crippen LogP contribution in [0.1, 0.15) is 37.3 Å². The van der Waals surface area contributed by atoms with Crippen LogP contribution in [-0.4, -0.2) is 28.0 Å². The Labute approximate surface area is 108 Å². The molecular weight excluding hydrogens is 250 g/mol. The van der Waals surface area contributed by atoms with E-state index in [-0.39, 0.29) is 18.7 Å². The minimum Gasteiger partial charge on any atom is -0.393 e. The molecule has 1 aliphatic carbocycles. The van der Waals surface area contributed by atoms with Crippen LogP contribution >= 0.6 is 0 Å². The number of nitrogens with zero attached hydrogens (tertiary/aromatic N) is 1. The lowest BCUT2D eigenvalue weighted by Gasteiger charge is -2.03. The van der Waals surface area contributed by atoms with Crippen molar-refractivity contribution in [3.63, 3.8) is 0 Å². The Kier molecular flexibility index (Phi) is 2.81. The van der Waals surface area contributed by atoms with Gasteiger partial charge in [0.15, 0.2) is 5.82 Å². The van der Waals surface area contributed by atoms with E-state index in [0.717, 1.165) is 18.5 Å². The van der Waals surface area contributed by atoms with E-state index in [1.807, 2.05) is 0 Å². The number of carbonyl (C=O) groups excluding carboxylic acids is 3. The Morgan fingerprint density at radius 2 is 2.26 bits per heavy atom. The summed E-state index contributed by atoms with van der Waals surface area (Å²) < 4.78 is 4.39. The van der Waals surface area contributed by atoms with Crippen molar-refractivity contribution in [3.8, 4) is 0 Å². The summed E-state index contributed by atoms with van der Waals surface area (Å²) in [5, 5.41) is 9.46. The molecule has 1 amide bonds. The predicted molar refractivity (Wildman–Crippen MR) is 63.0 cm³/mol. The van der Waals surface area contributed by atoms with Crippen LogP contribution in [0.25, 0.3) is 0 Å². The molecule has 7 heteroatoms. The van der Waals surface area contributed by atoms with Crippen molar-refractivity contribution in [2.75, 3.05) is 5.32 Å². The zero-order valence-electron chi connectivity index (χ0n) is 10.1. The van der Waals surface area contributed by atoms with E-state index in [4.69, 9.17) is 0 Å². The van der Waals surface area contributed by atoms with Crippen LogP contribution in [-0.2, 0) is 19.1 Å². The number of ether oxygens (including phenoxy) is 1. The molecule has 1 saturated carbocycles. The Morgan fingerprint density at radius 3 is 2.89 bits per heavy atom. The van der Waals surface area contributed by atoms with Crippen molar-refractivity contribution < 1.29 is 19.1 Å². The molecule has 2 N–H and O–H groups in total. The minimum absolute atomic E-state index is 0.0276. The van der Waals surface area contributed by atoms with Gasteiger partial charge >= 0.3 is 11.9 Å². The molecule has 2 heterocycles. The fourth-order valence-corrected chi connectivity index (χ4v) is 2.10. The first-order valence-electron chi connectivity index (χ1n) is 6.21. The number of carbonyl (C=O) groups is 3. The molecule has 0 radical (unpaired) electrons. The Bertz CT molecular complexity index is 547. The van der Waals surface area contributed by atoms with E-state index >= 15 is 0 Å². The minimum atomic E-state index is -0.672. The topological polar surface area (TPSA) is 101 Å². The Balaban J connectivity index is 1.55. The third-order valence-electron chi connectivity index (χ3n) is 3.27. The van der Waals surface area contributed by atoms with Crippen molar-refractivity contribution in [1.82, 2.24) is 10.2 Å². The van der Waals surface area contributed by atoms with Crippen LogP contribution < -0.4 is 5.32 Å². The molecule has 3 rings (SSSR count). The Morgan fingerprint density at radius 1 is 1.47 bits per heavy atom. The molecule has 2 aliphatic rings. The number of hydrogen-bond donors (Lipinski definition) is 2. The van der Waals surface area contributed by atoms with Crippen LogP contribution in [0.15, 0.2) is 6.07 Å². The number of amides is 1. The number of aromatic amines is 1. The summed E-state index contributed by atoms with van der Waals surface area (Å²) in [5.41, 5.74) is 1.02. The van der Waals surface area contributed by atoms with Gasteiger partial charge in [0.1, 0.15) is 0 Å². The van der Waals surface area contributed by atoms with Crippen LogP contribution in [0.3, 0.4) is 0 Å². The predicted octanol–water partition coefficient (Wildman–Crippen LogP) is 0.705. The van der Waals surface area contributed by atoms with Crippen molar-refractivity contribution in [1.29, 1.82) is 0 Å². The summed E-state index contributed by atoms with van der Waals surface area (Å²) in [7, 11) is 0. The molecule has 1 aromatic heterocycles. The van der Waals surface area contributed by atoms with Crippen LogP contribution in [0.2, 0.25) is 0 Å². The quantitative estimate of drug-likeness (QED) is 0.615. The fourth-order valence-electron chi connectivity index (χ4n) is 2.10. The number of anilines is 1. The number of rotatable bonds is 4. The van der Waals surface area contributed by atoms with E-state index < -0.39 is 17.9 Å². The molecule has 1 aliphatic heterocycles. The molecule has 0 spiro atoms. The van der Waals surface area contributed by atoms with Gasteiger partial charge in [-0.25, -0.2) is 0 Å². The summed E-state index contributed by atoms with van der Waals surface area (Å²) in [5.74, 6) is -1.23. The summed E-state index contributed by atoms with van der Waals surface area (Å²) >= 11 is 0. The highest BCUT2D eigenvalue weighted by Crippen LogP contribution is 2.39. The van der Waals surface area contributed by atoms with Gasteiger partial charge in [0.2, 0.25) is 5.91 Å².